The highest BCUT2D eigenvalue weighted by Gasteiger charge is 2.36. The number of benzene rings is 2. The molecule has 3 rings (SSSR count). The number of hydrogen-bond donors (Lipinski definition) is 1. The maximum Gasteiger partial charge on any atom is 0.250 e. The van der Waals surface area contributed by atoms with Crippen molar-refractivity contribution in [2.45, 2.75) is 33.2 Å². The molecule has 0 fully saturated rings. The summed E-state index contributed by atoms with van der Waals surface area (Å²) in [6.07, 6.45) is 0.449. The van der Waals surface area contributed by atoms with Crippen LogP contribution in [-0.2, 0) is 20.0 Å². The average molecular weight is 436 g/mol. The Hall–Kier alpha value is -2.39. The Kier molecular flexibility index (Phi) is 6.00. The minimum atomic E-state index is -3.53. The van der Waals surface area contributed by atoms with E-state index in [2.05, 4.69) is 9.82 Å². The highest BCUT2D eigenvalue weighted by molar-refractivity contribution is 7.92. The molecule has 1 atom stereocenters. The summed E-state index contributed by atoms with van der Waals surface area (Å²) in [5, 5.41) is 4.44. The molecular weight excluding hydrogens is 410 g/mol. The Balaban J connectivity index is 1.94. The molecule has 1 aliphatic heterocycles. The van der Waals surface area contributed by atoms with E-state index in [4.69, 9.17) is 0 Å². The molecule has 0 saturated heterocycles. The zero-order chi connectivity index (χ0) is 21.2. The van der Waals surface area contributed by atoms with Crippen LogP contribution in [-0.4, -0.2) is 38.5 Å². The molecular formula is C20H25N3O4S2. The van der Waals surface area contributed by atoms with Crippen molar-refractivity contribution in [1.82, 2.24) is 4.41 Å². The maximum absolute atomic E-state index is 12.7. The van der Waals surface area contributed by atoms with E-state index in [-0.39, 0.29) is 11.5 Å². The second kappa shape index (κ2) is 8.16. The van der Waals surface area contributed by atoms with E-state index in [1.54, 1.807) is 38.1 Å². The number of aryl methyl sites for hydroxylation is 1. The van der Waals surface area contributed by atoms with Gasteiger partial charge < -0.3 is 0 Å². The number of nitrogens with one attached hydrogen (secondary N) is 1. The molecule has 156 valence electrons. The van der Waals surface area contributed by atoms with Gasteiger partial charge in [0.2, 0.25) is 20.0 Å². The lowest BCUT2D eigenvalue weighted by Gasteiger charge is -2.24. The molecule has 0 bridgehead atoms. The van der Waals surface area contributed by atoms with Gasteiger partial charge in [-0.25, -0.2) is 16.8 Å². The highest BCUT2D eigenvalue weighted by atomic mass is 32.2. The summed E-state index contributed by atoms with van der Waals surface area (Å²) in [6.45, 7) is 5.13. The molecule has 0 radical (unpaired) electrons. The van der Waals surface area contributed by atoms with Gasteiger partial charge in [0.1, 0.15) is 0 Å². The molecule has 1 aliphatic rings. The van der Waals surface area contributed by atoms with Crippen LogP contribution >= 0.6 is 0 Å². The van der Waals surface area contributed by atoms with Crippen LogP contribution in [0.5, 0.6) is 0 Å². The predicted molar refractivity (Wildman–Crippen MR) is 116 cm³/mol. The molecule has 2 aromatic rings. The summed E-state index contributed by atoms with van der Waals surface area (Å²) in [6, 6.07) is 14.1. The Morgan fingerprint density at radius 3 is 2.24 bits per heavy atom. The minimum Gasteiger partial charge on any atom is -0.284 e. The van der Waals surface area contributed by atoms with Gasteiger partial charge in [-0.3, -0.25) is 4.72 Å². The molecule has 0 amide bonds. The monoisotopic (exact) mass is 435 g/mol. The molecule has 0 aliphatic carbocycles. The third-order valence-corrected chi connectivity index (χ3v) is 7.88. The molecule has 0 saturated carbocycles. The first kappa shape index (κ1) is 21.3. The van der Waals surface area contributed by atoms with Gasteiger partial charge in [0, 0.05) is 12.1 Å². The Morgan fingerprint density at radius 1 is 1.00 bits per heavy atom. The van der Waals surface area contributed by atoms with Crippen LogP contribution in [0.25, 0.3) is 0 Å². The summed E-state index contributed by atoms with van der Waals surface area (Å²) in [5.74, 6) is -0.0483. The van der Waals surface area contributed by atoms with Gasteiger partial charge in [0.15, 0.2) is 0 Å². The van der Waals surface area contributed by atoms with E-state index in [1.807, 2.05) is 31.2 Å². The van der Waals surface area contributed by atoms with Crippen molar-refractivity contribution in [2.75, 3.05) is 16.2 Å². The van der Waals surface area contributed by atoms with Crippen molar-refractivity contribution in [3.05, 3.63) is 65.2 Å². The summed E-state index contributed by atoms with van der Waals surface area (Å²) in [5.41, 5.74) is 3.81. The van der Waals surface area contributed by atoms with Gasteiger partial charge in [-0.15, -0.1) is 0 Å². The van der Waals surface area contributed by atoms with Gasteiger partial charge in [0.05, 0.1) is 23.3 Å². The second-order valence-corrected chi connectivity index (χ2v) is 11.0. The van der Waals surface area contributed by atoms with Gasteiger partial charge in [-0.2, -0.15) is 9.52 Å². The molecule has 0 unspecified atom stereocenters. The zero-order valence-corrected chi connectivity index (χ0v) is 18.3. The predicted octanol–water partition coefficient (Wildman–Crippen LogP) is 3.26. The molecule has 0 spiro atoms. The molecule has 29 heavy (non-hydrogen) atoms. The number of sulfonamides is 2. The molecule has 9 heteroatoms. The van der Waals surface area contributed by atoms with E-state index in [9.17, 15) is 16.8 Å². The van der Waals surface area contributed by atoms with Gasteiger partial charge in [-0.05, 0) is 49.6 Å². The number of hydrogen-bond acceptors (Lipinski definition) is 5. The van der Waals surface area contributed by atoms with Crippen molar-refractivity contribution >= 4 is 31.4 Å². The van der Waals surface area contributed by atoms with E-state index < -0.39 is 26.1 Å². The molecule has 1 heterocycles. The summed E-state index contributed by atoms with van der Waals surface area (Å²) >= 11 is 0. The smallest absolute Gasteiger partial charge is 0.250 e. The highest BCUT2D eigenvalue weighted by Crippen LogP contribution is 2.36. The SMILES string of the molecule is CCS(=O)(=O)Nc1ccc(C2=NN(S(=O)(=O)CC)[C@H](c3ccccc3C)C2)cc1. The number of hydrazone groups is 1. The first-order valence-corrected chi connectivity index (χ1v) is 12.7. The van der Waals surface area contributed by atoms with Gasteiger partial charge in [0.25, 0.3) is 0 Å². The number of nitrogens with zero attached hydrogens (tertiary/aromatic N) is 2. The lowest BCUT2D eigenvalue weighted by Crippen LogP contribution is -2.29. The Bertz CT molecular complexity index is 1120. The van der Waals surface area contributed by atoms with Crippen molar-refractivity contribution in [1.29, 1.82) is 0 Å². The van der Waals surface area contributed by atoms with Crippen molar-refractivity contribution in [3.63, 3.8) is 0 Å². The fourth-order valence-electron chi connectivity index (χ4n) is 3.23. The van der Waals surface area contributed by atoms with Crippen LogP contribution in [0, 0.1) is 6.92 Å². The summed E-state index contributed by atoms with van der Waals surface area (Å²) < 4.78 is 52.5. The maximum atomic E-state index is 12.7. The van der Waals surface area contributed by atoms with Crippen LogP contribution in [0.2, 0.25) is 0 Å². The van der Waals surface area contributed by atoms with Crippen molar-refractivity contribution in [2.24, 2.45) is 5.10 Å². The zero-order valence-electron chi connectivity index (χ0n) is 16.7. The van der Waals surface area contributed by atoms with Gasteiger partial charge >= 0.3 is 0 Å². The average Bonchev–Trinajstić information content (AvgIpc) is 3.15. The molecule has 1 N–H and O–H groups in total. The van der Waals surface area contributed by atoms with Crippen molar-refractivity contribution < 1.29 is 16.8 Å². The minimum absolute atomic E-state index is 0.0105. The molecule has 7 nitrogen and oxygen atoms in total. The fraction of sp³-hybridized carbons (Fsp3) is 0.350. The largest absolute Gasteiger partial charge is 0.284 e. The number of anilines is 1. The Labute approximate surface area is 172 Å². The van der Waals surface area contributed by atoms with E-state index in [0.717, 1.165) is 16.7 Å². The lowest BCUT2D eigenvalue weighted by atomic mass is 9.96. The van der Waals surface area contributed by atoms with Crippen molar-refractivity contribution in [3.8, 4) is 0 Å². The Morgan fingerprint density at radius 2 is 1.66 bits per heavy atom. The van der Waals surface area contributed by atoms with E-state index >= 15 is 0 Å². The fourth-order valence-corrected chi connectivity index (χ4v) is 4.93. The van der Waals surface area contributed by atoms with Crippen LogP contribution in [0.1, 0.15) is 43.0 Å². The van der Waals surface area contributed by atoms with Crippen LogP contribution in [0.4, 0.5) is 5.69 Å². The van der Waals surface area contributed by atoms with E-state index in [0.29, 0.717) is 17.8 Å². The van der Waals surface area contributed by atoms with E-state index in [1.165, 1.54) is 4.41 Å². The topological polar surface area (TPSA) is 95.9 Å². The van der Waals surface area contributed by atoms with Crippen LogP contribution in [0.15, 0.2) is 53.6 Å². The summed E-state index contributed by atoms with van der Waals surface area (Å²) in [7, 11) is -6.89. The van der Waals surface area contributed by atoms with Crippen LogP contribution < -0.4 is 4.72 Å². The van der Waals surface area contributed by atoms with Crippen LogP contribution in [0.3, 0.4) is 0 Å². The first-order chi connectivity index (χ1) is 13.7. The second-order valence-electron chi connectivity index (χ2n) is 6.88. The third-order valence-electron chi connectivity index (χ3n) is 4.94. The summed E-state index contributed by atoms with van der Waals surface area (Å²) in [4.78, 5) is 0. The number of rotatable bonds is 7. The first-order valence-electron chi connectivity index (χ1n) is 9.43. The molecule has 2 aromatic carbocycles. The standard InChI is InChI=1S/C20H25N3O4S2/c1-4-28(24,25)22-17-12-10-16(11-13-17)19-14-20(18-9-7-6-8-15(18)3)23(21-19)29(26,27)5-2/h6-13,20,22H,4-5,14H2,1-3H3/t20-/m0/s1. The third kappa shape index (κ3) is 4.62. The quantitative estimate of drug-likeness (QED) is 0.722. The van der Waals surface area contributed by atoms with Gasteiger partial charge in [-0.1, -0.05) is 36.4 Å². The normalized spacial score (nSPS) is 17.3. The lowest BCUT2D eigenvalue weighted by molar-refractivity contribution is 0.371. The molecule has 0 aromatic heterocycles.